The van der Waals surface area contributed by atoms with Crippen LogP contribution >= 0.6 is 0 Å². The summed E-state index contributed by atoms with van der Waals surface area (Å²) in [4.78, 5) is 21.2. The van der Waals surface area contributed by atoms with Gasteiger partial charge in [-0.3, -0.25) is 9.59 Å². The van der Waals surface area contributed by atoms with E-state index in [0.717, 1.165) is 0 Å². The first-order valence-corrected chi connectivity index (χ1v) is 5.00. The van der Waals surface area contributed by atoms with Crippen LogP contribution in [0, 0.1) is 5.92 Å². The van der Waals surface area contributed by atoms with Crippen molar-refractivity contribution in [3.8, 4) is 0 Å². The maximum atomic E-state index is 11.9. The molecular formula is C9H12F3NO4. The fourth-order valence-electron chi connectivity index (χ4n) is 1.55. The van der Waals surface area contributed by atoms with Crippen LogP contribution in [0.2, 0.25) is 0 Å². The van der Waals surface area contributed by atoms with Crippen LogP contribution in [0.15, 0.2) is 0 Å². The van der Waals surface area contributed by atoms with Gasteiger partial charge in [0.2, 0.25) is 0 Å². The molecule has 2 unspecified atom stereocenters. The number of rotatable bonds is 3. The number of carbonyl (C=O) groups excluding carboxylic acids is 1. The number of ether oxygens (including phenoxy) is 1. The minimum Gasteiger partial charge on any atom is -0.481 e. The van der Waals surface area contributed by atoms with Crippen LogP contribution in [-0.2, 0) is 14.3 Å². The zero-order valence-electron chi connectivity index (χ0n) is 8.79. The summed E-state index contributed by atoms with van der Waals surface area (Å²) < 4.78 is 40.7. The van der Waals surface area contributed by atoms with Crippen molar-refractivity contribution in [2.24, 2.45) is 5.92 Å². The molecule has 2 atom stereocenters. The number of alkyl halides is 3. The number of amides is 1. The molecule has 1 amide bonds. The Morgan fingerprint density at radius 3 is 2.59 bits per heavy atom. The summed E-state index contributed by atoms with van der Waals surface area (Å²) in [6.45, 7) is -0.161. The van der Waals surface area contributed by atoms with Gasteiger partial charge in [0.25, 0.3) is 0 Å². The molecule has 0 aliphatic carbocycles. The lowest BCUT2D eigenvalue weighted by Gasteiger charge is -2.27. The van der Waals surface area contributed by atoms with Gasteiger partial charge in [-0.15, -0.1) is 0 Å². The van der Waals surface area contributed by atoms with Gasteiger partial charge >= 0.3 is 18.1 Å². The molecule has 0 saturated carbocycles. The minimum absolute atomic E-state index is 0.105. The first-order valence-electron chi connectivity index (χ1n) is 5.00. The third kappa shape index (κ3) is 4.22. The minimum atomic E-state index is -4.93. The van der Waals surface area contributed by atoms with E-state index in [1.54, 1.807) is 5.32 Å². The Hall–Kier alpha value is -1.31. The van der Waals surface area contributed by atoms with Crippen LogP contribution in [0.4, 0.5) is 13.2 Å². The fraction of sp³-hybridized carbons (Fsp3) is 0.778. The van der Waals surface area contributed by atoms with Crippen LogP contribution < -0.4 is 5.32 Å². The number of hydrogen-bond acceptors (Lipinski definition) is 3. The van der Waals surface area contributed by atoms with Crippen molar-refractivity contribution in [2.75, 3.05) is 13.2 Å². The average molecular weight is 255 g/mol. The molecule has 0 aromatic carbocycles. The Bertz CT molecular complexity index is 305. The number of hydrogen-bond donors (Lipinski definition) is 2. The predicted molar refractivity (Wildman–Crippen MR) is 49.2 cm³/mol. The van der Waals surface area contributed by atoms with Crippen molar-refractivity contribution in [1.82, 2.24) is 5.32 Å². The summed E-state index contributed by atoms with van der Waals surface area (Å²) in [5.41, 5.74) is 0. The standard InChI is InChI=1S/C9H12F3NO4/c10-9(11,12)8(16)13-4-6-3-5(7(14)15)1-2-17-6/h5-6H,1-4H2,(H,13,16)(H,14,15). The van der Waals surface area contributed by atoms with E-state index in [4.69, 9.17) is 9.84 Å². The molecule has 1 fully saturated rings. The SMILES string of the molecule is O=C(O)C1CCOC(CNC(=O)C(F)(F)F)C1. The molecule has 1 aliphatic heterocycles. The lowest BCUT2D eigenvalue weighted by molar-refractivity contribution is -0.174. The zero-order chi connectivity index (χ0) is 13.1. The number of aliphatic carboxylic acids is 1. The van der Waals surface area contributed by atoms with Crippen LogP contribution in [0.25, 0.3) is 0 Å². The van der Waals surface area contributed by atoms with E-state index in [2.05, 4.69) is 0 Å². The van der Waals surface area contributed by atoms with Crippen molar-refractivity contribution in [2.45, 2.75) is 25.1 Å². The molecule has 1 heterocycles. The predicted octanol–water partition coefficient (Wildman–Crippen LogP) is 0.545. The summed E-state index contributed by atoms with van der Waals surface area (Å²) in [6.07, 6.45) is -5.18. The maximum absolute atomic E-state index is 11.9. The van der Waals surface area contributed by atoms with Crippen molar-refractivity contribution in [3.63, 3.8) is 0 Å². The highest BCUT2D eigenvalue weighted by Crippen LogP contribution is 2.20. The molecule has 17 heavy (non-hydrogen) atoms. The lowest BCUT2D eigenvalue weighted by Crippen LogP contribution is -2.43. The third-order valence-electron chi connectivity index (χ3n) is 2.46. The molecule has 0 bridgehead atoms. The van der Waals surface area contributed by atoms with Gasteiger partial charge < -0.3 is 15.2 Å². The van der Waals surface area contributed by atoms with E-state index < -0.39 is 30.1 Å². The molecule has 5 nitrogen and oxygen atoms in total. The van der Waals surface area contributed by atoms with Crippen LogP contribution in [0.1, 0.15) is 12.8 Å². The second-order valence-electron chi connectivity index (χ2n) is 3.76. The first kappa shape index (κ1) is 13.8. The molecule has 0 aromatic rings. The van der Waals surface area contributed by atoms with Crippen LogP contribution in [0.5, 0.6) is 0 Å². The van der Waals surface area contributed by atoms with Crippen molar-refractivity contribution < 1.29 is 32.6 Å². The number of nitrogens with one attached hydrogen (secondary N) is 1. The van der Waals surface area contributed by atoms with E-state index >= 15 is 0 Å². The largest absolute Gasteiger partial charge is 0.481 e. The highest BCUT2D eigenvalue weighted by Gasteiger charge is 2.39. The quantitative estimate of drug-likeness (QED) is 0.772. The summed E-state index contributed by atoms with van der Waals surface area (Å²) in [5, 5.41) is 10.4. The molecule has 98 valence electrons. The number of halogens is 3. The lowest BCUT2D eigenvalue weighted by atomic mass is 9.96. The molecule has 8 heteroatoms. The second kappa shape index (κ2) is 5.35. The normalized spacial score (nSPS) is 25.4. The van der Waals surface area contributed by atoms with E-state index in [9.17, 15) is 22.8 Å². The fourth-order valence-corrected chi connectivity index (χ4v) is 1.55. The number of carboxylic acid groups (broad SMARTS) is 1. The Labute approximate surface area is 94.9 Å². The first-order chi connectivity index (χ1) is 7.80. The summed E-state index contributed by atoms with van der Waals surface area (Å²) in [6, 6.07) is 0. The molecule has 0 spiro atoms. The Morgan fingerprint density at radius 2 is 2.06 bits per heavy atom. The van der Waals surface area contributed by atoms with Gasteiger partial charge in [0.1, 0.15) is 0 Å². The van der Waals surface area contributed by atoms with Gasteiger partial charge in [-0.25, -0.2) is 0 Å². The Morgan fingerprint density at radius 1 is 1.41 bits per heavy atom. The molecule has 0 radical (unpaired) electrons. The number of carbonyl (C=O) groups is 2. The van der Waals surface area contributed by atoms with E-state index in [1.165, 1.54) is 0 Å². The topological polar surface area (TPSA) is 75.6 Å². The van der Waals surface area contributed by atoms with Crippen molar-refractivity contribution in [3.05, 3.63) is 0 Å². The third-order valence-corrected chi connectivity index (χ3v) is 2.46. The highest BCUT2D eigenvalue weighted by atomic mass is 19.4. The number of carboxylic acids is 1. The van der Waals surface area contributed by atoms with Gasteiger partial charge in [0.05, 0.1) is 12.0 Å². The van der Waals surface area contributed by atoms with E-state index in [-0.39, 0.29) is 19.6 Å². The summed E-state index contributed by atoms with van der Waals surface area (Å²) in [7, 11) is 0. The van der Waals surface area contributed by atoms with Gasteiger partial charge in [-0.2, -0.15) is 13.2 Å². The maximum Gasteiger partial charge on any atom is 0.471 e. The molecule has 2 N–H and O–H groups in total. The van der Waals surface area contributed by atoms with Crippen molar-refractivity contribution >= 4 is 11.9 Å². The van der Waals surface area contributed by atoms with Crippen LogP contribution in [-0.4, -0.2) is 42.4 Å². The van der Waals surface area contributed by atoms with Gasteiger partial charge in [0.15, 0.2) is 0 Å². The zero-order valence-corrected chi connectivity index (χ0v) is 8.79. The van der Waals surface area contributed by atoms with Crippen molar-refractivity contribution in [1.29, 1.82) is 0 Å². The van der Waals surface area contributed by atoms with E-state index in [1.807, 2.05) is 0 Å². The second-order valence-corrected chi connectivity index (χ2v) is 3.76. The van der Waals surface area contributed by atoms with Gasteiger partial charge in [-0.05, 0) is 12.8 Å². The highest BCUT2D eigenvalue weighted by molar-refractivity contribution is 5.81. The molecule has 1 saturated heterocycles. The summed E-state index contributed by atoms with van der Waals surface area (Å²) in [5.74, 6) is -3.67. The molecule has 1 aliphatic rings. The monoisotopic (exact) mass is 255 g/mol. The van der Waals surface area contributed by atoms with Crippen LogP contribution in [0.3, 0.4) is 0 Å². The molecule has 0 aromatic heterocycles. The Balaban J connectivity index is 2.37. The molecule has 1 rings (SSSR count). The van der Waals surface area contributed by atoms with Gasteiger partial charge in [0, 0.05) is 13.2 Å². The van der Waals surface area contributed by atoms with E-state index in [0.29, 0.717) is 6.42 Å². The Kier molecular flexibility index (Phi) is 4.33. The molecular weight excluding hydrogens is 243 g/mol. The summed E-state index contributed by atoms with van der Waals surface area (Å²) >= 11 is 0. The van der Waals surface area contributed by atoms with Gasteiger partial charge in [-0.1, -0.05) is 0 Å². The smallest absolute Gasteiger partial charge is 0.471 e. The average Bonchev–Trinajstić information content (AvgIpc) is 2.25.